The molecule has 1 saturated carbocycles. The number of nitrogens with one attached hydrogen (secondary N) is 2. The number of rotatable bonds is 3. The number of H-pyrrole nitrogens is 1. The number of para-hydroxylation sites is 1. The predicted octanol–water partition coefficient (Wildman–Crippen LogP) is 3.44. The first-order chi connectivity index (χ1) is 13.2. The normalized spacial score (nSPS) is 22.4. The van der Waals surface area contributed by atoms with Gasteiger partial charge in [0.1, 0.15) is 11.8 Å². The van der Waals surface area contributed by atoms with Crippen LogP contribution in [0.3, 0.4) is 0 Å². The molecule has 3 aromatic rings. The van der Waals surface area contributed by atoms with Gasteiger partial charge in [0.15, 0.2) is 0 Å². The number of carbonyl (C=O) groups is 1. The second-order valence-corrected chi connectivity index (χ2v) is 7.44. The van der Waals surface area contributed by atoms with Crippen LogP contribution >= 0.6 is 0 Å². The van der Waals surface area contributed by atoms with Crippen LogP contribution in [0.25, 0.3) is 10.9 Å². The molecule has 2 aromatic carbocycles. The monoisotopic (exact) mass is 362 g/mol. The molecule has 5 rings (SSSR count). The Hall–Kier alpha value is -2.79. The summed E-state index contributed by atoms with van der Waals surface area (Å²) in [5.41, 5.74) is 4.45. The zero-order valence-corrected chi connectivity index (χ0v) is 15.4. The number of aromatic amines is 1. The summed E-state index contributed by atoms with van der Waals surface area (Å²) in [5.74, 6) is 0.622. The van der Waals surface area contributed by atoms with Gasteiger partial charge in [-0.2, -0.15) is 0 Å². The van der Waals surface area contributed by atoms with E-state index in [0.717, 1.165) is 35.4 Å². The van der Waals surface area contributed by atoms with Crippen LogP contribution in [-0.4, -0.2) is 31.2 Å². The zero-order valence-electron chi connectivity index (χ0n) is 15.4. The Morgan fingerprint density at radius 3 is 2.48 bits per heavy atom. The average molecular weight is 362 g/mol. The molecule has 0 bridgehead atoms. The first-order valence-electron chi connectivity index (χ1n) is 9.27. The van der Waals surface area contributed by atoms with E-state index in [1.54, 1.807) is 7.11 Å². The number of ether oxygens (including phenoxy) is 2. The first-order valence-corrected chi connectivity index (χ1v) is 9.27. The minimum Gasteiger partial charge on any atom is -0.497 e. The van der Waals surface area contributed by atoms with Gasteiger partial charge in [0.05, 0.1) is 20.3 Å². The van der Waals surface area contributed by atoms with E-state index < -0.39 is 0 Å². The highest BCUT2D eigenvalue weighted by atomic mass is 16.5. The molecule has 0 radical (unpaired) electrons. The summed E-state index contributed by atoms with van der Waals surface area (Å²) in [6, 6.07) is 15.9. The van der Waals surface area contributed by atoms with Crippen LogP contribution in [0.5, 0.6) is 5.75 Å². The second-order valence-electron chi connectivity index (χ2n) is 7.44. The van der Waals surface area contributed by atoms with Crippen molar-refractivity contribution in [3.63, 3.8) is 0 Å². The molecule has 0 unspecified atom stereocenters. The Kier molecular flexibility index (Phi) is 3.56. The van der Waals surface area contributed by atoms with Crippen molar-refractivity contribution in [1.29, 1.82) is 0 Å². The fourth-order valence-electron chi connectivity index (χ4n) is 4.61. The van der Waals surface area contributed by atoms with Gasteiger partial charge >= 0.3 is 5.97 Å². The predicted molar refractivity (Wildman–Crippen MR) is 103 cm³/mol. The van der Waals surface area contributed by atoms with Crippen molar-refractivity contribution < 1.29 is 14.3 Å². The molecule has 5 heteroatoms. The van der Waals surface area contributed by atoms with E-state index in [2.05, 4.69) is 28.5 Å². The smallest absolute Gasteiger partial charge is 0.323 e. The van der Waals surface area contributed by atoms with Crippen molar-refractivity contribution in [3.05, 3.63) is 65.4 Å². The molecule has 138 valence electrons. The van der Waals surface area contributed by atoms with E-state index in [1.165, 1.54) is 18.1 Å². The third-order valence-corrected chi connectivity index (χ3v) is 6.08. The van der Waals surface area contributed by atoms with Crippen LogP contribution in [0.1, 0.15) is 35.7 Å². The summed E-state index contributed by atoms with van der Waals surface area (Å²) in [5, 5.41) is 4.79. The van der Waals surface area contributed by atoms with Crippen LogP contribution in [0, 0.1) is 0 Å². The highest BCUT2D eigenvalue weighted by Gasteiger charge is 2.59. The molecule has 27 heavy (non-hydrogen) atoms. The maximum atomic E-state index is 12.7. The Morgan fingerprint density at radius 1 is 1.07 bits per heavy atom. The van der Waals surface area contributed by atoms with E-state index in [4.69, 9.17) is 9.47 Å². The van der Waals surface area contributed by atoms with Crippen LogP contribution in [-0.2, 0) is 14.9 Å². The fraction of sp³-hybridized carbons (Fsp3) is 0.318. The largest absolute Gasteiger partial charge is 0.497 e. The third kappa shape index (κ3) is 2.31. The molecule has 2 aliphatic rings. The molecule has 1 aromatic heterocycles. The van der Waals surface area contributed by atoms with E-state index >= 15 is 0 Å². The van der Waals surface area contributed by atoms with Crippen LogP contribution in [0.4, 0.5) is 0 Å². The third-order valence-electron chi connectivity index (χ3n) is 6.08. The molecule has 1 spiro atoms. The highest BCUT2D eigenvalue weighted by molar-refractivity contribution is 5.90. The molecule has 5 nitrogen and oxygen atoms in total. The van der Waals surface area contributed by atoms with Gasteiger partial charge in [-0.1, -0.05) is 30.3 Å². The quantitative estimate of drug-likeness (QED) is 0.701. The van der Waals surface area contributed by atoms with Crippen molar-refractivity contribution in [2.75, 3.05) is 14.2 Å². The maximum Gasteiger partial charge on any atom is 0.323 e. The van der Waals surface area contributed by atoms with Crippen molar-refractivity contribution in [2.24, 2.45) is 0 Å². The number of esters is 1. The second kappa shape index (κ2) is 5.86. The molecule has 1 aliphatic heterocycles. The fourth-order valence-corrected chi connectivity index (χ4v) is 4.61. The van der Waals surface area contributed by atoms with Gasteiger partial charge in [0.2, 0.25) is 0 Å². The van der Waals surface area contributed by atoms with E-state index in [0.29, 0.717) is 0 Å². The average Bonchev–Trinajstić information content (AvgIpc) is 3.39. The van der Waals surface area contributed by atoms with Gasteiger partial charge in [-0.3, -0.25) is 10.1 Å². The van der Waals surface area contributed by atoms with Gasteiger partial charge in [-0.25, -0.2) is 0 Å². The Labute approximate surface area is 157 Å². The van der Waals surface area contributed by atoms with Crippen molar-refractivity contribution >= 4 is 16.9 Å². The van der Waals surface area contributed by atoms with Gasteiger partial charge in [-0.05, 0) is 42.2 Å². The minimum absolute atomic E-state index is 0.103. The van der Waals surface area contributed by atoms with E-state index in [1.807, 2.05) is 30.3 Å². The Bertz CT molecular complexity index is 1020. The lowest BCUT2D eigenvalue weighted by Crippen LogP contribution is -2.52. The van der Waals surface area contributed by atoms with Gasteiger partial charge in [0, 0.05) is 22.0 Å². The number of hydrogen-bond acceptors (Lipinski definition) is 4. The summed E-state index contributed by atoms with van der Waals surface area (Å²) in [7, 11) is 3.13. The maximum absolute atomic E-state index is 12.7. The van der Waals surface area contributed by atoms with Gasteiger partial charge in [-0.15, -0.1) is 0 Å². The molecule has 1 aliphatic carbocycles. The lowest BCUT2D eigenvalue weighted by Gasteiger charge is -2.37. The van der Waals surface area contributed by atoms with Crippen LogP contribution in [0.2, 0.25) is 0 Å². The standard InChI is InChI=1S/C22H22N2O3/c1-26-14-9-7-13(8-10-14)18-19-17(15-5-3-4-6-16(15)23-19)22(11-12-22)20(24-18)21(25)27-2/h3-10,18,20,23-24H,11-12H2,1-2H3/t18-,20-/m0/s1. The van der Waals surface area contributed by atoms with Crippen LogP contribution in [0.15, 0.2) is 48.5 Å². The molecule has 2 N–H and O–H groups in total. The minimum atomic E-state index is -0.346. The van der Waals surface area contributed by atoms with Crippen molar-refractivity contribution in [1.82, 2.24) is 10.3 Å². The Balaban J connectivity index is 1.71. The molecular weight excluding hydrogens is 340 g/mol. The van der Waals surface area contributed by atoms with E-state index in [9.17, 15) is 4.79 Å². The van der Waals surface area contributed by atoms with Crippen LogP contribution < -0.4 is 10.1 Å². The first kappa shape index (κ1) is 16.4. The number of aromatic nitrogens is 1. The lowest BCUT2D eigenvalue weighted by molar-refractivity contribution is -0.144. The highest BCUT2D eigenvalue weighted by Crippen LogP contribution is 2.58. The summed E-state index contributed by atoms with van der Waals surface area (Å²) < 4.78 is 10.4. The van der Waals surface area contributed by atoms with Gasteiger partial charge < -0.3 is 14.5 Å². The molecule has 0 saturated heterocycles. The number of fused-ring (bicyclic) bond motifs is 4. The molecule has 0 amide bonds. The van der Waals surface area contributed by atoms with Gasteiger partial charge in [0.25, 0.3) is 0 Å². The number of methoxy groups -OCH3 is 2. The molecular formula is C22H22N2O3. The SMILES string of the molecule is COC(=O)[C@@H]1N[C@@H](c2ccc(OC)cc2)c2[nH]c3ccccc3c2C12CC2. The van der Waals surface area contributed by atoms with E-state index in [-0.39, 0.29) is 23.5 Å². The number of hydrogen-bond donors (Lipinski definition) is 2. The topological polar surface area (TPSA) is 63.4 Å². The summed E-state index contributed by atoms with van der Waals surface area (Å²) in [4.78, 5) is 16.3. The lowest BCUT2D eigenvalue weighted by atomic mass is 9.79. The summed E-state index contributed by atoms with van der Waals surface area (Å²) in [6.45, 7) is 0. The number of benzene rings is 2. The molecule has 1 fully saturated rings. The molecule has 2 heterocycles. The summed E-state index contributed by atoms with van der Waals surface area (Å²) >= 11 is 0. The number of carbonyl (C=O) groups excluding carboxylic acids is 1. The Morgan fingerprint density at radius 2 is 1.81 bits per heavy atom. The van der Waals surface area contributed by atoms with Crippen molar-refractivity contribution in [3.8, 4) is 5.75 Å². The summed E-state index contributed by atoms with van der Waals surface area (Å²) in [6.07, 6.45) is 1.98. The van der Waals surface area contributed by atoms with Crippen molar-refractivity contribution in [2.45, 2.75) is 30.3 Å². The zero-order chi connectivity index (χ0) is 18.6. The molecule has 2 atom stereocenters.